The molecule has 0 spiro atoms. The first-order valence-corrected chi connectivity index (χ1v) is 9.05. The number of likely N-dealkylation sites (N-methyl/N-ethyl adjacent to an activating group) is 1. The van der Waals surface area contributed by atoms with Crippen LogP contribution in [-0.4, -0.2) is 31.8 Å². The zero-order valence-corrected chi connectivity index (χ0v) is 15.7. The quantitative estimate of drug-likeness (QED) is 0.652. The predicted octanol–water partition coefficient (Wildman–Crippen LogP) is 3.96. The highest BCUT2D eigenvalue weighted by Crippen LogP contribution is 2.24. The Balaban J connectivity index is 1.97. The van der Waals surface area contributed by atoms with Crippen molar-refractivity contribution >= 4 is 5.97 Å². The van der Waals surface area contributed by atoms with E-state index < -0.39 is 0 Å². The maximum Gasteiger partial charge on any atom is 0.323 e. The predicted molar refractivity (Wildman–Crippen MR) is 102 cm³/mol. The van der Waals surface area contributed by atoms with Crippen molar-refractivity contribution in [1.29, 1.82) is 0 Å². The number of ether oxygens (including phenoxy) is 3. The molecule has 0 heterocycles. The van der Waals surface area contributed by atoms with Crippen LogP contribution in [0.1, 0.15) is 26.3 Å². The van der Waals surface area contributed by atoms with Crippen LogP contribution in [0.25, 0.3) is 0 Å². The van der Waals surface area contributed by atoms with Gasteiger partial charge in [-0.1, -0.05) is 19.1 Å². The second-order valence-corrected chi connectivity index (χ2v) is 5.72. The SMILES string of the molecule is CCN[C@@H](Cc1ccc(Oc2ccc(OCC)cc2)cc1)C(=O)OCC. The molecule has 2 aromatic rings. The van der Waals surface area contributed by atoms with Gasteiger partial charge in [0.25, 0.3) is 0 Å². The number of hydrogen-bond acceptors (Lipinski definition) is 5. The van der Waals surface area contributed by atoms with Gasteiger partial charge in [-0.25, -0.2) is 0 Å². The second-order valence-electron chi connectivity index (χ2n) is 5.72. The van der Waals surface area contributed by atoms with Gasteiger partial charge in [0.15, 0.2) is 0 Å². The molecule has 5 nitrogen and oxygen atoms in total. The van der Waals surface area contributed by atoms with Crippen LogP contribution < -0.4 is 14.8 Å². The number of carbonyl (C=O) groups excluding carboxylic acids is 1. The van der Waals surface area contributed by atoms with E-state index in [0.717, 1.165) is 22.8 Å². The molecule has 0 aromatic heterocycles. The summed E-state index contributed by atoms with van der Waals surface area (Å²) in [6.45, 7) is 7.47. The average molecular weight is 357 g/mol. The smallest absolute Gasteiger partial charge is 0.323 e. The third-order valence-electron chi connectivity index (χ3n) is 3.76. The molecule has 0 radical (unpaired) electrons. The summed E-state index contributed by atoms with van der Waals surface area (Å²) in [6, 6.07) is 14.9. The zero-order valence-electron chi connectivity index (χ0n) is 15.7. The monoisotopic (exact) mass is 357 g/mol. The highest BCUT2D eigenvalue weighted by atomic mass is 16.5. The van der Waals surface area contributed by atoms with E-state index in [0.29, 0.717) is 26.2 Å². The molecule has 140 valence electrons. The Morgan fingerprint density at radius 3 is 2.00 bits per heavy atom. The lowest BCUT2D eigenvalue weighted by atomic mass is 10.1. The van der Waals surface area contributed by atoms with Gasteiger partial charge in [0.05, 0.1) is 13.2 Å². The Morgan fingerprint density at radius 1 is 0.885 bits per heavy atom. The molecule has 2 rings (SSSR count). The summed E-state index contributed by atoms with van der Waals surface area (Å²) in [5.41, 5.74) is 1.04. The molecule has 0 aliphatic heterocycles. The molecule has 2 aromatic carbocycles. The minimum absolute atomic E-state index is 0.218. The molecule has 1 atom stereocenters. The first-order chi connectivity index (χ1) is 12.7. The molecule has 26 heavy (non-hydrogen) atoms. The van der Waals surface area contributed by atoms with Gasteiger partial charge in [0.1, 0.15) is 23.3 Å². The number of rotatable bonds is 10. The molecule has 0 saturated heterocycles. The molecule has 1 N–H and O–H groups in total. The topological polar surface area (TPSA) is 56.8 Å². The Morgan fingerprint density at radius 2 is 1.46 bits per heavy atom. The van der Waals surface area contributed by atoms with E-state index in [2.05, 4.69) is 5.32 Å². The Hall–Kier alpha value is -2.53. The maximum absolute atomic E-state index is 12.0. The lowest BCUT2D eigenvalue weighted by molar-refractivity contribution is -0.145. The molecule has 0 amide bonds. The van der Waals surface area contributed by atoms with Crippen LogP contribution in [0.5, 0.6) is 17.2 Å². The van der Waals surface area contributed by atoms with Gasteiger partial charge in [0, 0.05) is 0 Å². The average Bonchev–Trinajstić information content (AvgIpc) is 2.65. The fourth-order valence-corrected chi connectivity index (χ4v) is 2.56. The van der Waals surface area contributed by atoms with Crippen molar-refractivity contribution in [2.24, 2.45) is 0 Å². The van der Waals surface area contributed by atoms with Crippen LogP contribution in [0.2, 0.25) is 0 Å². The first kappa shape index (κ1) is 19.8. The summed E-state index contributed by atoms with van der Waals surface area (Å²) in [6.07, 6.45) is 0.579. The Kier molecular flexibility index (Phi) is 7.96. The van der Waals surface area contributed by atoms with Gasteiger partial charge < -0.3 is 19.5 Å². The van der Waals surface area contributed by atoms with Crippen LogP contribution >= 0.6 is 0 Å². The third-order valence-corrected chi connectivity index (χ3v) is 3.76. The van der Waals surface area contributed by atoms with Crippen LogP contribution in [0.3, 0.4) is 0 Å². The lowest BCUT2D eigenvalue weighted by Crippen LogP contribution is -2.39. The van der Waals surface area contributed by atoms with Gasteiger partial charge in [0.2, 0.25) is 0 Å². The summed E-state index contributed by atoms with van der Waals surface area (Å²) >= 11 is 0. The normalized spacial score (nSPS) is 11.7. The third kappa shape index (κ3) is 6.08. The molecule has 0 saturated carbocycles. The van der Waals surface area contributed by atoms with E-state index in [4.69, 9.17) is 14.2 Å². The highest BCUT2D eigenvalue weighted by Gasteiger charge is 2.18. The fraction of sp³-hybridized carbons (Fsp3) is 0.381. The molecule has 0 bridgehead atoms. The number of esters is 1. The minimum atomic E-state index is -0.335. The summed E-state index contributed by atoms with van der Waals surface area (Å²) in [5.74, 6) is 2.10. The standard InChI is InChI=1S/C21H27NO4/c1-4-22-20(21(23)25-6-3)15-16-7-9-18(10-8-16)26-19-13-11-17(12-14-19)24-5-2/h7-14,20,22H,4-6,15H2,1-3H3/t20-/m0/s1. The summed E-state index contributed by atoms with van der Waals surface area (Å²) in [4.78, 5) is 12.0. The summed E-state index contributed by atoms with van der Waals surface area (Å²) < 4.78 is 16.4. The van der Waals surface area contributed by atoms with Gasteiger partial charge in [-0.2, -0.15) is 0 Å². The van der Waals surface area contributed by atoms with E-state index in [1.807, 2.05) is 69.3 Å². The van der Waals surface area contributed by atoms with Crippen LogP contribution in [0, 0.1) is 0 Å². The van der Waals surface area contributed by atoms with Crippen molar-refractivity contribution in [3.8, 4) is 17.2 Å². The van der Waals surface area contributed by atoms with E-state index in [9.17, 15) is 4.79 Å². The van der Waals surface area contributed by atoms with Gasteiger partial charge >= 0.3 is 5.97 Å². The molecule has 5 heteroatoms. The minimum Gasteiger partial charge on any atom is -0.494 e. The maximum atomic E-state index is 12.0. The molecule has 0 unspecified atom stereocenters. The van der Waals surface area contributed by atoms with Crippen LogP contribution in [0.4, 0.5) is 0 Å². The van der Waals surface area contributed by atoms with E-state index in [-0.39, 0.29) is 12.0 Å². The number of nitrogens with one attached hydrogen (secondary N) is 1. The van der Waals surface area contributed by atoms with Crippen molar-refractivity contribution < 1.29 is 19.0 Å². The highest BCUT2D eigenvalue weighted by molar-refractivity contribution is 5.76. The van der Waals surface area contributed by atoms with E-state index in [1.54, 1.807) is 0 Å². The first-order valence-electron chi connectivity index (χ1n) is 9.05. The molecular formula is C21H27NO4. The molecule has 0 aliphatic carbocycles. The number of hydrogen-bond donors (Lipinski definition) is 1. The molecule has 0 fully saturated rings. The molecule has 0 aliphatic rings. The van der Waals surface area contributed by atoms with Gasteiger partial charge in [-0.05, 0) is 68.8 Å². The molecular weight excluding hydrogens is 330 g/mol. The Bertz CT molecular complexity index is 667. The summed E-state index contributed by atoms with van der Waals surface area (Å²) in [7, 11) is 0. The van der Waals surface area contributed by atoms with Crippen molar-refractivity contribution in [2.45, 2.75) is 33.2 Å². The largest absolute Gasteiger partial charge is 0.494 e. The zero-order chi connectivity index (χ0) is 18.8. The van der Waals surface area contributed by atoms with Gasteiger partial charge in [-0.15, -0.1) is 0 Å². The van der Waals surface area contributed by atoms with Crippen molar-refractivity contribution in [3.63, 3.8) is 0 Å². The van der Waals surface area contributed by atoms with E-state index >= 15 is 0 Å². The van der Waals surface area contributed by atoms with Gasteiger partial charge in [-0.3, -0.25) is 4.79 Å². The second kappa shape index (κ2) is 10.5. The summed E-state index contributed by atoms with van der Waals surface area (Å²) in [5, 5.41) is 3.17. The van der Waals surface area contributed by atoms with E-state index in [1.165, 1.54) is 0 Å². The van der Waals surface area contributed by atoms with Crippen LogP contribution in [0.15, 0.2) is 48.5 Å². The van der Waals surface area contributed by atoms with Crippen LogP contribution in [-0.2, 0) is 16.0 Å². The fourth-order valence-electron chi connectivity index (χ4n) is 2.56. The number of carbonyl (C=O) groups is 1. The van der Waals surface area contributed by atoms with Crippen molar-refractivity contribution in [2.75, 3.05) is 19.8 Å². The Labute approximate surface area is 155 Å². The number of benzene rings is 2. The van der Waals surface area contributed by atoms with Crippen molar-refractivity contribution in [1.82, 2.24) is 5.32 Å². The van der Waals surface area contributed by atoms with Crippen molar-refractivity contribution in [3.05, 3.63) is 54.1 Å². The lowest BCUT2D eigenvalue weighted by Gasteiger charge is -2.16.